The van der Waals surface area contributed by atoms with Gasteiger partial charge in [0.05, 0.1) is 17.9 Å². The fraction of sp³-hybridized carbons (Fsp3) is 0.167. The zero-order valence-electron chi connectivity index (χ0n) is 14.2. The molecule has 1 atom stereocenters. The van der Waals surface area contributed by atoms with Gasteiger partial charge in [-0.05, 0) is 24.1 Å². The van der Waals surface area contributed by atoms with Crippen LogP contribution in [0.2, 0.25) is 0 Å². The lowest BCUT2D eigenvalue weighted by molar-refractivity contribution is -0.136. The molecule has 0 aliphatic rings. The molecule has 0 aliphatic carbocycles. The van der Waals surface area contributed by atoms with Gasteiger partial charge in [-0.15, -0.1) is 0 Å². The molecule has 0 aliphatic heterocycles. The van der Waals surface area contributed by atoms with Gasteiger partial charge >= 0.3 is 11.8 Å². The van der Waals surface area contributed by atoms with Crippen molar-refractivity contribution in [2.45, 2.75) is 19.4 Å². The first-order valence-electron chi connectivity index (χ1n) is 8.15. The summed E-state index contributed by atoms with van der Waals surface area (Å²) >= 11 is 0. The van der Waals surface area contributed by atoms with Crippen LogP contribution in [-0.2, 0) is 9.59 Å². The highest BCUT2D eigenvalue weighted by molar-refractivity contribution is 6.39. The molecular formula is C18H18N6O2. The summed E-state index contributed by atoms with van der Waals surface area (Å²) in [5.41, 5.74) is 1.37. The molecule has 3 rings (SSSR count). The molecule has 0 bridgehead atoms. The van der Waals surface area contributed by atoms with Crippen LogP contribution in [-0.4, -0.2) is 31.6 Å². The molecule has 8 heteroatoms. The van der Waals surface area contributed by atoms with Crippen molar-refractivity contribution in [3.8, 4) is 5.82 Å². The molecule has 0 spiro atoms. The number of aromatic nitrogens is 4. The number of benzene rings is 1. The summed E-state index contributed by atoms with van der Waals surface area (Å²) in [4.78, 5) is 32.3. The van der Waals surface area contributed by atoms with Crippen molar-refractivity contribution in [2.75, 3.05) is 5.32 Å². The zero-order valence-corrected chi connectivity index (χ0v) is 14.2. The summed E-state index contributed by atoms with van der Waals surface area (Å²) in [6, 6.07) is 12.6. The fourth-order valence-corrected chi connectivity index (χ4v) is 2.44. The van der Waals surface area contributed by atoms with Gasteiger partial charge in [-0.3, -0.25) is 9.59 Å². The van der Waals surface area contributed by atoms with E-state index >= 15 is 0 Å². The Labute approximate surface area is 150 Å². The van der Waals surface area contributed by atoms with Gasteiger partial charge in [-0.1, -0.05) is 37.3 Å². The molecule has 26 heavy (non-hydrogen) atoms. The smallest absolute Gasteiger partial charge is 0.313 e. The van der Waals surface area contributed by atoms with E-state index in [4.69, 9.17) is 0 Å². The van der Waals surface area contributed by atoms with Crippen LogP contribution >= 0.6 is 0 Å². The minimum absolute atomic E-state index is 0.220. The number of carbonyl (C=O) groups is 2. The first kappa shape index (κ1) is 17.3. The second-order valence-corrected chi connectivity index (χ2v) is 5.54. The van der Waals surface area contributed by atoms with Crippen molar-refractivity contribution in [3.63, 3.8) is 0 Å². The van der Waals surface area contributed by atoms with E-state index in [1.165, 1.54) is 23.5 Å². The highest BCUT2D eigenvalue weighted by Gasteiger charge is 2.19. The standard InChI is InChI=1S/C18H18N6O2/c1-2-15(13-6-4-3-5-7-13)23-18(26)17(25)22-14-8-9-16(20-10-14)24-12-19-11-21-24/h3-12,15H,2H2,1H3,(H,22,25)(H,23,26). The van der Waals surface area contributed by atoms with Gasteiger partial charge in [-0.2, -0.15) is 5.10 Å². The minimum Gasteiger partial charge on any atom is -0.341 e. The van der Waals surface area contributed by atoms with Gasteiger partial charge in [0.25, 0.3) is 0 Å². The van der Waals surface area contributed by atoms with Crippen LogP contribution < -0.4 is 10.6 Å². The van der Waals surface area contributed by atoms with Crippen molar-refractivity contribution in [1.29, 1.82) is 0 Å². The number of carbonyl (C=O) groups excluding carboxylic acids is 2. The van der Waals surface area contributed by atoms with Gasteiger partial charge in [0.1, 0.15) is 12.7 Å². The van der Waals surface area contributed by atoms with Crippen LogP contribution in [0.4, 0.5) is 5.69 Å². The molecule has 0 saturated carbocycles. The second-order valence-electron chi connectivity index (χ2n) is 5.54. The maximum Gasteiger partial charge on any atom is 0.313 e. The molecule has 0 radical (unpaired) electrons. The number of pyridine rings is 1. The Balaban J connectivity index is 1.61. The van der Waals surface area contributed by atoms with Gasteiger partial charge in [0.2, 0.25) is 0 Å². The Morgan fingerprint density at radius 3 is 2.54 bits per heavy atom. The lowest BCUT2D eigenvalue weighted by atomic mass is 10.0. The average molecular weight is 350 g/mol. The normalized spacial score (nSPS) is 11.6. The lowest BCUT2D eigenvalue weighted by Crippen LogP contribution is -2.37. The summed E-state index contributed by atoms with van der Waals surface area (Å²) < 4.78 is 1.49. The molecule has 1 unspecified atom stereocenters. The van der Waals surface area contributed by atoms with Gasteiger partial charge in [0, 0.05) is 0 Å². The molecule has 2 aromatic heterocycles. The van der Waals surface area contributed by atoms with E-state index in [0.717, 1.165) is 5.56 Å². The third-order valence-corrected chi connectivity index (χ3v) is 3.78. The van der Waals surface area contributed by atoms with Crippen LogP contribution in [0, 0.1) is 0 Å². The van der Waals surface area contributed by atoms with E-state index in [2.05, 4.69) is 25.7 Å². The highest BCUT2D eigenvalue weighted by atomic mass is 16.2. The predicted octanol–water partition coefficient (Wildman–Crippen LogP) is 1.87. The summed E-state index contributed by atoms with van der Waals surface area (Å²) in [6.07, 6.45) is 5.05. The number of hydrogen-bond acceptors (Lipinski definition) is 5. The average Bonchev–Trinajstić information content (AvgIpc) is 3.22. The minimum atomic E-state index is -0.741. The molecular weight excluding hydrogens is 332 g/mol. The third kappa shape index (κ3) is 4.10. The van der Waals surface area contributed by atoms with Crippen LogP contribution in [0.1, 0.15) is 24.9 Å². The van der Waals surface area contributed by atoms with Crippen molar-refractivity contribution in [3.05, 3.63) is 66.9 Å². The Bertz CT molecular complexity index is 862. The van der Waals surface area contributed by atoms with E-state index in [-0.39, 0.29) is 6.04 Å². The quantitative estimate of drug-likeness (QED) is 0.684. The number of amides is 2. The Morgan fingerprint density at radius 2 is 1.92 bits per heavy atom. The molecule has 2 heterocycles. The Hall–Kier alpha value is -3.55. The molecule has 0 saturated heterocycles. The lowest BCUT2D eigenvalue weighted by Gasteiger charge is -2.17. The van der Waals surface area contributed by atoms with Crippen LogP contribution in [0.15, 0.2) is 61.3 Å². The van der Waals surface area contributed by atoms with Crippen LogP contribution in [0.5, 0.6) is 0 Å². The van der Waals surface area contributed by atoms with E-state index in [1.54, 1.807) is 12.1 Å². The van der Waals surface area contributed by atoms with E-state index < -0.39 is 11.8 Å². The van der Waals surface area contributed by atoms with E-state index in [0.29, 0.717) is 17.9 Å². The largest absolute Gasteiger partial charge is 0.341 e. The number of hydrogen-bond donors (Lipinski definition) is 2. The molecule has 2 amide bonds. The van der Waals surface area contributed by atoms with Crippen molar-refractivity contribution in [1.82, 2.24) is 25.1 Å². The fourth-order valence-electron chi connectivity index (χ4n) is 2.44. The first-order valence-corrected chi connectivity index (χ1v) is 8.15. The van der Waals surface area contributed by atoms with Gasteiger partial charge in [0.15, 0.2) is 5.82 Å². The van der Waals surface area contributed by atoms with Crippen LogP contribution in [0.3, 0.4) is 0 Å². The Morgan fingerprint density at radius 1 is 1.12 bits per heavy atom. The third-order valence-electron chi connectivity index (χ3n) is 3.78. The summed E-state index contributed by atoms with van der Waals surface area (Å²) in [5, 5.41) is 9.25. The van der Waals surface area contributed by atoms with Crippen molar-refractivity contribution in [2.24, 2.45) is 0 Å². The Kier molecular flexibility index (Phi) is 5.33. The highest BCUT2D eigenvalue weighted by Crippen LogP contribution is 2.16. The zero-order chi connectivity index (χ0) is 18.4. The summed E-state index contributed by atoms with van der Waals surface area (Å²) in [6.45, 7) is 1.95. The van der Waals surface area contributed by atoms with Crippen molar-refractivity contribution >= 4 is 17.5 Å². The maximum absolute atomic E-state index is 12.2. The SMILES string of the molecule is CCC(NC(=O)C(=O)Nc1ccc(-n2cncn2)nc1)c1ccccc1. The number of nitrogens with zero attached hydrogens (tertiary/aromatic N) is 4. The first-order chi connectivity index (χ1) is 12.7. The van der Waals surface area contributed by atoms with Crippen LogP contribution in [0.25, 0.3) is 5.82 Å². The predicted molar refractivity (Wildman–Crippen MR) is 95.4 cm³/mol. The molecule has 0 fully saturated rings. The maximum atomic E-state index is 12.2. The molecule has 1 aromatic carbocycles. The van der Waals surface area contributed by atoms with E-state index in [9.17, 15) is 9.59 Å². The number of nitrogens with one attached hydrogen (secondary N) is 2. The molecule has 132 valence electrons. The second kappa shape index (κ2) is 8.02. The molecule has 3 aromatic rings. The summed E-state index contributed by atoms with van der Waals surface area (Å²) in [5.74, 6) is -0.879. The monoisotopic (exact) mass is 350 g/mol. The topological polar surface area (TPSA) is 102 Å². The summed E-state index contributed by atoms with van der Waals surface area (Å²) in [7, 11) is 0. The molecule has 2 N–H and O–H groups in total. The van der Waals surface area contributed by atoms with Gasteiger partial charge < -0.3 is 10.6 Å². The van der Waals surface area contributed by atoms with E-state index in [1.807, 2.05) is 37.3 Å². The van der Waals surface area contributed by atoms with Crippen molar-refractivity contribution < 1.29 is 9.59 Å². The number of anilines is 1. The van der Waals surface area contributed by atoms with Gasteiger partial charge in [-0.25, -0.2) is 14.6 Å². The number of rotatable bonds is 5. The molecule has 8 nitrogen and oxygen atoms in total.